The Balaban J connectivity index is 1.79. The molecule has 3 amide bonds. The summed E-state index contributed by atoms with van der Waals surface area (Å²) in [5, 5.41) is 17.7. The molecule has 3 heterocycles. The predicted octanol–water partition coefficient (Wildman–Crippen LogP) is 4.12. The van der Waals surface area contributed by atoms with Crippen molar-refractivity contribution in [2.75, 3.05) is 33.3 Å². The third-order valence-electron chi connectivity index (χ3n) is 11.8. The van der Waals surface area contributed by atoms with E-state index in [1.54, 1.807) is 19.9 Å². The molecule has 1 saturated heterocycles. The predicted molar refractivity (Wildman–Crippen MR) is 246 cm³/mol. The lowest BCUT2D eigenvalue weighted by Gasteiger charge is -2.42. The normalized spacial score (nSPS) is 24.4. The first-order chi connectivity index (χ1) is 27.8. The van der Waals surface area contributed by atoms with E-state index < -0.39 is 58.3 Å². The molecular weight excluding hydrogens is 883 g/mol. The van der Waals surface area contributed by atoms with Gasteiger partial charge in [-0.05, 0) is 57.5 Å². The lowest BCUT2D eigenvalue weighted by Crippen LogP contribution is -2.67. The molecule has 326 valence electrons. The SMILES string of the molecule is C=CC(C)(C)C(NC1=NCC(=O)N2CC[C@@H](C)[C@H]2C(=O)N[C@@H](C(C)C)CNC1C(C)(C)C)C(=O)N[C@@](C=O)(CNC(CC(=O)OC)C1=NC=IS1)[C@@H](C)c1ccccc1. The molecule has 1 fully saturated rings. The Kier molecular flexibility index (Phi) is 17.0. The van der Waals surface area contributed by atoms with Gasteiger partial charge >= 0.3 is 5.97 Å². The van der Waals surface area contributed by atoms with Crippen LogP contribution in [0.5, 0.6) is 0 Å². The molecule has 59 heavy (non-hydrogen) atoms. The maximum Gasteiger partial charge on any atom is 0.307 e. The molecule has 0 spiro atoms. The van der Waals surface area contributed by atoms with Crippen LogP contribution in [0.1, 0.15) is 86.6 Å². The van der Waals surface area contributed by atoms with Crippen LogP contribution in [0, 0.1) is 22.7 Å². The van der Waals surface area contributed by atoms with E-state index in [0.29, 0.717) is 25.3 Å². The highest BCUT2D eigenvalue weighted by atomic mass is 127. The second-order valence-corrected chi connectivity index (χ2v) is 22.0. The Morgan fingerprint density at radius 3 is 2.41 bits per heavy atom. The van der Waals surface area contributed by atoms with Gasteiger partial charge in [0.2, 0.25) is 17.7 Å². The standard InChI is InChI=1S/C43H65IN8O6S/c1-12-42(9,10)36(50-37-35(41(6,7)8)45-21-31(26(2)3)49-38(56)34-27(4)18-19-52(34)32(54)22-46-37)39(57)51-43(24-53,28(5)29-16-14-13-15-17-29)23-47-30(20-33(55)58-11)40-48-25-44-59-40/h12-17,24-28,30-31,34-36,45,47H,1,18-23H2,2-11H3,(H,46,50)(H,49,56)(H,51,57)/t27-,28+,30?,31-,34+,35?,36?,43-/m1/s1. The number of aldehydes is 1. The zero-order chi connectivity index (χ0) is 43.7. The van der Waals surface area contributed by atoms with Crippen molar-refractivity contribution in [2.45, 2.75) is 117 Å². The van der Waals surface area contributed by atoms with Gasteiger partial charge in [-0.1, -0.05) is 98.7 Å². The van der Waals surface area contributed by atoms with E-state index in [1.807, 2.05) is 96.8 Å². The first kappa shape index (κ1) is 48.2. The highest BCUT2D eigenvalue weighted by Gasteiger charge is 2.46. The summed E-state index contributed by atoms with van der Waals surface area (Å²) in [7, 11) is 2.93. The van der Waals surface area contributed by atoms with Crippen LogP contribution < -0.4 is 26.6 Å². The largest absolute Gasteiger partial charge is 0.469 e. The molecule has 3 unspecified atom stereocenters. The second-order valence-electron chi connectivity index (χ2n) is 17.9. The first-order valence-corrected chi connectivity index (χ1v) is 25.0. The topological polar surface area (TPSA) is 183 Å². The fraction of sp³-hybridized carbons (Fsp3) is 0.628. The molecule has 0 radical (unpaired) electrons. The number of amidine groups is 1. The van der Waals surface area contributed by atoms with Gasteiger partial charge in [0, 0.05) is 37.0 Å². The highest BCUT2D eigenvalue weighted by Crippen LogP contribution is 2.33. The summed E-state index contributed by atoms with van der Waals surface area (Å²) >= 11 is -0.361. The number of carbonyl (C=O) groups excluding carboxylic acids is 5. The van der Waals surface area contributed by atoms with Gasteiger partial charge in [-0.15, -0.1) is 6.58 Å². The zero-order valence-electron chi connectivity index (χ0n) is 36.3. The number of carbonyl (C=O) groups is 5. The minimum Gasteiger partial charge on any atom is -0.469 e. The number of nitrogens with zero attached hydrogens (tertiary/aromatic N) is 3. The lowest BCUT2D eigenvalue weighted by atomic mass is 9.78. The van der Waals surface area contributed by atoms with Crippen LogP contribution in [0.4, 0.5) is 0 Å². The molecule has 16 heteroatoms. The summed E-state index contributed by atoms with van der Waals surface area (Å²) in [5.41, 5.74) is -2.08. The number of rotatable bonds is 15. The third-order valence-corrected chi connectivity index (χ3v) is 15.6. The average molecular weight is 949 g/mol. The maximum absolute atomic E-state index is 15.1. The minimum atomic E-state index is -1.51. The average Bonchev–Trinajstić information content (AvgIpc) is 3.88. The Labute approximate surface area is 363 Å². The maximum atomic E-state index is 15.1. The molecule has 3 aliphatic heterocycles. The molecule has 4 rings (SSSR count). The molecule has 0 aromatic heterocycles. The monoisotopic (exact) mass is 948 g/mol. The van der Waals surface area contributed by atoms with E-state index in [-0.39, 0.29) is 68.5 Å². The molecule has 0 saturated carbocycles. The summed E-state index contributed by atoms with van der Waals surface area (Å²) in [5.74, 6) is -1.42. The fourth-order valence-electron chi connectivity index (χ4n) is 7.63. The zero-order valence-corrected chi connectivity index (χ0v) is 39.2. The number of benzene rings is 1. The number of nitrogens with one attached hydrogen (secondary N) is 5. The number of amides is 3. The van der Waals surface area contributed by atoms with Gasteiger partial charge in [-0.3, -0.25) is 24.2 Å². The van der Waals surface area contributed by atoms with Gasteiger partial charge in [0.25, 0.3) is 0 Å². The molecule has 1 aromatic carbocycles. The number of esters is 1. The van der Waals surface area contributed by atoms with Crippen LogP contribution in [0.15, 0.2) is 53.0 Å². The fourth-order valence-corrected chi connectivity index (χ4v) is 11.4. The van der Waals surface area contributed by atoms with Crippen molar-refractivity contribution >= 4 is 73.3 Å². The van der Waals surface area contributed by atoms with Gasteiger partial charge in [0.15, 0.2) is 0 Å². The minimum absolute atomic E-state index is 0.00559. The summed E-state index contributed by atoms with van der Waals surface area (Å²) < 4.78 is 6.88. The van der Waals surface area contributed by atoms with Gasteiger partial charge in [0.1, 0.15) is 41.3 Å². The Morgan fingerprint density at radius 2 is 1.83 bits per heavy atom. The van der Waals surface area contributed by atoms with Crippen molar-refractivity contribution in [3.8, 4) is 0 Å². The van der Waals surface area contributed by atoms with Gasteiger partial charge in [-0.2, -0.15) is 0 Å². The Bertz CT molecular complexity index is 1780. The van der Waals surface area contributed by atoms with E-state index in [1.165, 1.54) is 7.11 Å². The molecular formula is C43H65IN8O6S. The van der Waals surface area contributed by atoms with Crippen molar-refractivity contribution < 1.29 is 28.7 Å². The molecule has 1 aromatic rings. The molecule has 14 nitrogen and oxygen atoms in total. The molecule has 5 N–H and O–H groups in total. The first-order valence-electron chi connectivity index (χ1n) is 20.4. The van der Waals surface area contributed by atoms with Crippen molar-refractivity contribution in [1.29, 1.82) is 0 Å². The number of methoxy groups -OCH3 is 1. The van der Waals surface area contributed by atoms with Crippen LogP contribution in [0.25, 0.3) is 0 Å². The smallest absolute Gasteiger partial charge is 0.307 e. The molecule has 0 aliphatic carbocycles. The summed E-state index contributed by atoms with van der Waals surface area (Å²) in [6.07, 6.45) is 3.15. The van der Waals surface area contributed by atoms with E-state index in [0.717, 1.165) is 16.9 Å². The number of aliphatic imine (C=N–C) groups is 2. The van der Waals surface area contributed by atoms with Crippen molar-refractivity contribution in [3.63, 3.8) is 0 Å². The van der Waals surface area contributed by atoms with Crippen LogP contribution in [-0.2, 0) is 28.7 Å². The van der Waals surface area contributed by atoms with E-state index >= 15 is 4.79 Å². The molecule has 0 bridgehead atoms. The van der Waals surface area contributed by atoms with Crippen molar-refractivity contribution in [2.24, 2.45) is 32.7 Å². The van der Waals surface area contributed by atoms with Crippen molar-refractivity contribution in [1.82, 2.24) is 31.5 Å². The van der Waals surface area contributed by atoms with Crippen LogP contribution >= 0.6 is 28.3 Å². The van der Waals surface area contributed by atoms with Gasteiger partial charge in [0.05, 0.1) is 29.7 Å². The Morgan fingerprint density at radius 1 is 1.14 bits per heavy atom. The van der Waals surface area contributed by atoms with E-state index in [4.69, 9.17) is 9.73 Å². The van der Waals surface area contributed by atoms with Gasteiger partial charge in [-0.25, -0.2) is 4.99 Å². The molecule has 8 atom stereocenters. The third kappa shape index (κ3) is 12.1. The quantitative estimate of drug-likeness (QED) is 0.0743. The van der Waals surface area contributed by atoms with Crippen LogP contribution in [0.3, 0.4) is 0 Å². The summed E-state index contributed by atoms with van der Waals surface area (Å²) in [6.45, 7) is 22.6. The van der Waals surface area contributed by atoms with Crippen molar-refractivity contribution in [3.05, 3.63) is 48.6 Å². The van der Waals surface area contributed by atoms with Crippen LogP contribution in [-0.4, -0.2) is 119 Å². The number of hydrogen-bond donors (Lipinski definition) is 5. The highest BCUT2D eigenvalue weighted by molar-refractivity contribution is 14.2. The van der Waals surface area contributed by atoms with Crippen LogP contribution in [0.2, 0.25) is 0 Å². The van der Waals surface area contributed by atoms with E-state index in [9.17, 15) is 19.2 Å². The molecule has 3 aliphatic rings. The summed E-state index contributed by atoms with van der Waals surface area (Å²) in [4.78, 5) is 80.1. The number of halogens is 1. The number of fused-ring (bicyclic) bond motifs is 1. The van der Waals surface area contributed by atoms with Gasteiger partial charge < -0.3 is 41.0 Å². The summed E-state index contributed by atoms with van der Waals surface area (Å²) in [6, 6.07) is 6.56. The second kappa shape index (κ2) is 20.9. The van der Waals surface area contributed by atoms with E-state index in [2.05, 4.69) is 38.2 Å². The number of hydrogen-bond acceptors (Lipinski definition) is 12. The Hall–Kier alpha value is -3.48. The number of ether oxygens (including phenoxy) is 1. The lowest BCUT2D eigenvalue weighted by molar-refractivity contribution is -0.141.